The number of hydrogen-bond acceptors (Lipinski definition) is 3. The van der Waals surface area contributed by atoms with Crippen molar-refractivity contribution < 1.29 is 13.2 Å². The van der Waals surface area contributed by atoms with Gasteiger partial charge in [-0.3, -0.25) is 9.10 Å². The summed E-state index contributed by atoms with van der Waals surface area (Å²) in [5.74, 6) is -0.374. The summed E-state index contributed by atoms with van der Waals surface area (Å²) in [4.78, 5) is 12.9. The number of aryl methyl sites for hydroxylation is 2. The molecule has 0 radical (unpaired) electrons. The molecule has 0 saturated carbocycles. The maximum atomic E-state index is 13.4. The smallest absolute Gasteiger partial charge is 0.264 e. The van der Waals surface area contributed by atoms with Crippen molar-refractivity contribution in [3.8, 4) is 0 Å². The molecule has 168 valence electrons. The summed E-state index contributed by atoms with van der Waals surface area (Å²) in [6.45, 7) is 3.46. The third kappa shape index (κ3) is 6.34. The number of anilines is 1. The Hall–Kier alpha value is -2.83. The number of hydrogen-bond donors (Lipinski definition) is 1. The largest absolute Gasteiger partial charge is 0.352 e. The third-order valence-electron chi connectivity index (χ3n) is 5.11. The highest BCUT2D eigenvalue weighted by Gasteiger charge is 2.27. The van der Waals surface area contributed by atoms with Gasteiger partial charge in [0.05, 0.1) is 10.6 Å². The molecule has 0 bridgehead atoms. The molecule has 5 nitrogen and oxygen atoms in total. The molecular formula is C25H27ClN2O3S. The number of nitrogens with zero attached hydrogens (tertiary/aromatic N) is 1. The minimum absolute atomic E-state index is 0.106. The Morgan fingerprint density at radius 1 is 1.00 bits per heavy atom. The Morgan fingerprint density at radius 2 is 1.69 bits per heavy atom. The number of halogens is 1. The SMILES string of the molecule is Cc1ccc(S(=O)(=O)N(CC(=O)N[C@H](C)CCc2ccccc2)c2cccc(Cl)c2)cc1. The van der Waals surface area contributed by atoms with Gasteiger partial charge in [-0.2, -0.15) is 0 Å². The second-order valence-corrected chi connectivity index (χ2v) is 10.1. The molecule has 32 heavy (non-hydrogen) atoms. The van der Waals surface area contributed by atoms with E-state index in [1.807, 2.05) is 44.2 Å². The van der Waals surface area contributed by atoms with Crippen LogP contribution in [0.4, 0.5) is 5.69 Å². The first kappa shape index (κ1) is 23.8. The van der Waals surface area contributed by atoms with E-state index in [0.29, 0.717) is 10.7 Å². The second kappa shape index (κ2) is 10.7. The van der Waals surface area contributed by atoms with E-state index >= 15 is 0 Å². The summed E-state index contributed by atoms with van der Waals surface area (Å²) in [6, 6.07) is 23.0. The zero-order chi connectivity index (χ0) is 23.1. The topological polar surface area (TPSA) is 66.5 Å². The average Bonchev–Trinajstić information content (AvgIpc) is 2.77. The van der Waals surface area contributed by atoms with Gasteiger partial charge in [-0.15, -0.1) is 0 Å². The Balaban J connectivity index is 1.76. The van der Waals surface area contributed by atoms with Crippen LogP contribution >= 0.6 is 11.6 Å². The molecule has 0 aliphatic carbocycles. The van der Waals surface area contributed by atoms with Gasteiger partial charge in [-0.1, -0.05) is 65.7 Å². The lowest BCUT2D eigenvalue weighted by atomic mass is 10.1. The molecule has 1 amide bonds. The van der Waals surface area contributed by atoms with Crippen LogP contribution < -0.4 is 9.62 Å². The first-order valence-corrected chi connectivity index (χ1v) is 12.3. The van der Waals surface area contributed by atoms with Crippen molar-refractivity contribution in [2.75, 3.05) is 10.8 Å². The van der Waals surface area contributed by atoms with E-state index in [4.69, 9.17) is 11.6 Å². The third-order valence-corrected chi connectivity index (χ3v) is 7.13. The molecule has 0 fully saturated rings. The fourth-order valence-corrected chi connectivity index (χ4v) is 4.93. The lowest BCUT2D eigenvalue weighted by molar-refractivity contribution is -0.120. The molecule has 3 aromatic rings. The van der Waals surface area contributed by atoms with E-state index in [2.05, 4.69) is 5.32 Å². The van der Waals surface area contributed by atoms with Gasteiger partial charge in [-0.25, -0.2) is 8.42 Å². The molecule has 3 aromatic carbocycles. The molecule has 0 unspecified atom stereocenters. The van der Waals surface area contributed by atoms with Gasteiger partial charge in [0.1, 0.15) is 6.54 Å². The second-order valence-electron chi connectivity index (χ2n) is 7.80. The number of nitrogens with one attached hydrogen (secondary N) is 1. The van der Waals surface area contributed by atoms with E-state index in [1.165, 1.54) is 5.56 Å². The summed E-state index contributed by atoms with van der Waals surface area (Å²) in [6.07, 6.45) is 1.57. The van der Waals surface area contributed by atoms with Gasteiger partial charge < -0.3 is 5.32 Å². The quantitative estimate of drug-likeness (QED) is 0.479. The van der Waals surface area contributed by atoms with Crippen LogP contribution in [0.5, 0.6) is 0 Å². The van der Waals surface area contributed by atoms with Gasteiger partial charge in [0, 0.05) is 11.1 Å². The van der Waals surface area contributed by atoms with Crippen LogP contribution in [0, 0.1) is 6.92 Å². The number of benzene rings is 3. The minimum Gasteiger partial charge on any atom is -0.352 e. The molecular weight excluding hydrogens is 444 g/mol. The van der Waals surface area contributed by atoms with Crippen LogP contribution in [-0.4, -0.2) is 26.9 Å². The standard InChI is InChI=1S/C25H27ClN2O3S/c1-19-11-15-24(16-12-19)32(30,31)28(23-10-6-9-22(26)17-23)18-25(29)27-20(2)13-14-21-7-4-3-5-8-21/h3-12,15-17,20H,13-14,18H2,1-2H3,(H,27,29)/t20-/m1/s1. The molecule has 0 aromatic heterocycles. The van der Waals surface area contributed by atoms with Crippen LogP contribution in [0.2, 0.25) is 5.02 Å². The summed E-state index contributed by atoms with van der Waals surface area (Å²) in [7, 11) is -3.96. The molecule has 0 saturated heterocycles. The van der Waals surface area contributed by atoms with E-state index in [1.54, 1.807) is 48.5 Å². The summed E-state index contributed by atoms with van der Waals surface area (Å²) >= 11 is 6.10. The minimum atomic E-state index is -3.96. The van der Waals surface area contributed by atoms with Crippen molar-refractivity contribution in [2.24, 2.45) is 0 Å². The van der Waals surface area contributed by atoms with Crippen molar-refractivity contribution in [3.05, 3.63) is 95.0 Å². The van der Waals surface area contributed by atoms with Gasteiger partial charge in [0.25, 0.3) is 10.0 Å². The number of carbonyl (C=O) groups is 1. The lowest BCUT2D eigenvalue weighted by Crippen LogP contribution is -2.43. The zero-order valence-corrected chi connectivity index (χ0v) is 19.7. The maximum Gasteiger partial charge on any atom is 0.264 e. The average molecular weight is 471 g/mol. The number of sulfonamides is 1. The van der Waals surface area contributed by atoms with Crippen molar-refractivity contribution in [2.45, 2.75) is 37.6 Å². The van der Waals surface area contributed by atoms with Gasteiger partial charge in [-0.05, 0) is 62.6 Å². The molecule has 1 N–H and O–H groups in total. The van der Waals surface area contributed by atoms with Gasteiger partial charge in [0.2, 0.25) is 5.91 Å². The molecule has 0 heterocycles. The predicted molar refractivity (Wildman–Crippen MR) is 130 cm³/mol. The van der Waals surface area contributed by atoms with Crippen molar-refractivity contribution in [1.29, 1.82) is 0 Å². The highest BCUT2D eigenvalue weighted by molar-refractivity contribution is 7.92. The number of rotatable bonds is 9. The Bertz CT molecular complexity index is 1150. The molecule has 0 spiro atoms. The Morgan fingerprint density at radius 3 is 2.34 bits per heavy atom. The van der Waals surface area contributed by atoms with Crippen molar-refractivity contribution >= 4 is 33.2 Å². The van der Waals surface area contributed by atoms with Crippen LogP contribution in [0.15, 0.2) is 83.8 Å². The Labute approximate surface area is 195 Å². The van der Waals surface area contributed by atoms with E-state index in [-0.39, 0.29) is 23.4 Å². The molecule has 3 rings (SSSR count). The fourth-order valence-electron chi connectivity index (χ4n) is 3.33. The first-order chi connectivity index (χ1) is 15.3. The highest BCUT2D eigenvalue weighted by atomic mass is 35.5. The van der Waals surface area contributed by atoms with E-state index < -0.39 is 10.0 Å². The molecule has 0 aliphatic rings. The maximum absolute atomic E-state index is 13.4. The van der Waals surface area contributed by atoms with Crippen LogP contribution in [0.3, 0.4) is 0 Å². The van der Waals surface area contributed by atoms with Gasteiger partial charge in [0.15, 0.2) is 0 Å². The zero-order valence-electron chi connectivity index (χ0n) is 18.2. The van der Waals surface area contributed by atoms with Crippen LogP contribution in [-0.2, 0) is 21.2 Å². The number of carbonyl (C=O) groups excluding carboxylic acids is 1. The summed E-state index contributed by atoms with van der Waals surface area (Å²) in [5.41, 5.74) is 2.48. The van der Waals surface area contributed by atoms with Gasteiger partial charge >= 0.3 is 0 Å². The first-order valence-electron chi connectivity index (χ1n) is 10.4. The summed E-state index contributed by atoms with van der Waals surface area (Å²) < 4.78 is 27.9. The lowest BCUT2D eigenvalue weighted by Gasteiger charge is -2.25. The molecule has 0 aliphatic heterocycles. The van der Waals surface area contributed by atoms with Crippen molar-refractivity contribution in [3.63, 3.8) is 0 Å². The van der Waals surface area contributed by atoms with Crippen LogP contribution in [0.25, 0.3) is 0 Å². The van der Waals surface area contributed by atoms with E-state index in [9.17, 15) is 13.2 Å². The fraction of sp³-hybridized carbons (Fsp3) is 0.240. The molecule has 7 heteroatoms. The number of amides is 1. The van der Waals surface area contributed by atoms with Crippen LogP contribution in [0.1, 0.15) is 24.5 Å². The molecule has 1 atom stereocenters. The normalized spacial score (nSPS) is 12.2. The van der Waals surface area contributed by atoms with E-state index in [0.717, 1.165) is 22.7 Å². The monoisotopic (exact) mass is 470 g/mol. The summed E-state index contributed by atoms with van der Waals surface area (Å²) in [5, 5.41) is 3.31. The van der Waals surface area contributed by atoms with Crippen molar-refractivity contribution in [1.82, 2.24) is 5.32 Å². The predicted octanol–water partition coefficient (Wildman–Crippen LogP) is 4.98. The highest BCUT2D eigenvalue weighted by Crippen LogP contribution is 2.26. The Kier molecular flexibility index (Phi) is 7.94.